The number of nitrogens with zero attached hydrogens (tertiary/aromatic N) is 3. The van der Waals surface area contributed by atoms with E-state index in [4.69, 9.17) is 9.47 Å². The highest BCUT2D eigenvalue weighted by molar-refractivity contribution is 7.20. The summed E-state index contributed by atoms with van der Waals surface area (Å²) in [6, 6.07) is 13.1. The van der Waals surface area contributed by atoms with Gasteiger partial charge in [-0.25, -0.2) is 9.37 Å². The molecular formula is C20H17FN4O3S. The molecule has 0 bridgehead atoms. The average molecular weight is 412 g/mol. The van der Waals surface area contributed by atoms with Gasteiger partial charge in [0.25, 0.3) is 5.91 Å². The van der Waals surface area contributed by atoms with Gasteiger partial charge in [0.05, 0.1) is 23.0 Å². The Balaban J connectivity index is 1.49. The van der Waals surface area contributed by atoms with Gasteiger partial charge >= 0.3 is 0 Å². The van der Waals surface area contributed by atoms with Crippen LogP contribution in [0.25, 0.3) is 15.3 Å². The van der Waals surface area contributed by atoms with E-state index in [0.29, 0.717) is 38.4 Å². The molecule has 0 atom stereocenters. The summed E-state index contributed by atoms with van der Waals surface area (Å²) in [5.41, 5.74) is 1.38. The van der Waals surface area contributed by atoms with Crippen LogP contribution in [0, 0.1) is 12.7 Å². The quantitative estimate of drug-likeness (QED) is 0.519. The number of amides is 1. The van der Waals surface area contributed by atoms with Crippen LogP contribution < -0.4 is 14.8 Å². The minimum Gasteiger partial charge on any atom is -0.497 e. The lowest BCUT2D eigenvalue weighted by atomic mass is 10.3. The summed E-state index contributed by atoms with van der Waals surface area (Å²) in [7, 11) is 1.58. The van der Waals surface area contributed by atoms with E-state index < -0.39 is 0 Å². The van der Waals surface area contributed by atoms with Crippen LogP contribution in [0.2, 0.25) is 0 Å². The number of rotatable bonds is 6. The molecule has 4 aromatic rings. The lowest BCUT2D eigenvalue weighted by molar-refractivity contribution is -0.118. The Kier molecular flexibility index (Phi) is 5.13. The van der Waals surface area contributed by atoms with Crippen LogP contribution in [-0.4, -0.2) is 34.4 Å². The zero-order valence-corrected chi connectivity index (χ0v) is 16.5. The van der Waals surface area contributed by atoms with Gasteiger partial charge < -0.3 is 14.8 Å². The van der Waals surface area contributed by atoms with Crippen LogP contribution in [0.15, 0.2) is 48.5 Å². The smallest absolute Gasteiger partial charge is 0.263 e. The van der Waals surface area contributed by atoms with Crippen molar-refractivity contribution in [3.63, 3.8) is 0 Å². The summed E-state index contributed by atoms with van der Waals surface area (Å²) in [4.78, 5) is 16.8. The molecule has 0 unspecified atom stereocenters. The van der Waals surface area contributed by atoms with Crippen molar-refractivity contribution < 1.29 is 18.7 Å². The number of halogens is 1. The maximum Gasteiger partial charge on any atom is 0.263 e. The molecule has 0 saturated carbocycles. The van der Waals surface area contributed by atoms with Gasteiger partial charge in [-0.3, -0.25) is 4.79 Å². The van der Waals surface area contributed by atoms with Crippen LogP contribution in [0.5, 0.6) is 11.5 Å². The molecule has 0 aliphatic carbocycles. The van der Waals surface area contributed by atoms with Gasteiger partial charge in [0.2, 0.25) is 5.13 Å². The normalized spacial score (nSPS) is 10.9. The molecule has 1 N–H and O–H groups in total. The molecule has 29 heavy (non-hydrogen) atoms. The van der Waals surface area contributed by atoms with Gasteiger partial charge in [-0.05, 0) is 49.4 Å². The maximum absolute atomic E-state index is 13.4. The third-order valence-electron chi connectivity index (χ3n) is 4.05. The van der Waals surface area contributed by atoms with Crippen molar-refractivity contribution in [2.45, 2.75) is 6.92 Å². The highest BCUT2D eigenvalue weighted by Gasteiger charge is 2.15. The molecule has 0 saturated heterocycles. The number of methoxy groups -OCH3 is 1. The number of thiazole rings is 1. The molecule has 2 aromatic heterocycles. The highest BCUT2D eigenvalue weighted by Crippen LogP contribution is 2.28. The number of nitrogens with one attached hydrogen (secondary N) is 1. The fourth-order valence-corrected chi connectivity index (χ4v) is 3.67. The molecule has 0 aliphatic heterocycles. The van der Waals surface area contributed by atoms with Crippen molar-refractivity contribution in [3.05, 3.63) is 60.0 Å². The predicted octanol–water partition coefficient (Wildman–Crippen LogP) is 3.96. The van der Waals surface area contributed by atoms with Gasteiger partial charge in [0.1, 0.15) is 23.1 Å². The number of hydrogen-bond acceptors (Lipinski definition) is 6. The molecule has 4 rings (SSSR count). The summed E-state index contributed by atoms with van der Waals surface area (Å²) in [6.45, 7) is 1.65. The van der Waals surface area contributed by atoms with Crippen molar-refractivity contribution >= 4 is 33.3 Å². The standard InChI is InChI=1S/C20H17FN4O3S/c1-12-9-18(23-19(26)11-28-15-6-4-14(27-2)5-7-15)25(24-12)20-22-16-8-3-13(21)10-17(16)29-20/h3-10H,11H2,1-2H3,(H,23,26). The average Bonchev–Trinajstić information content (AvgIpc) is 3.29. The number of aryl methyl sites for hydroxylation is 1. The first kappa shape index (κ1) is 18.9. The minimum absolute atomic E-state index is 0.165. The van der Waals surface area contributed by atoms with Gasteiger partial charge in [0.15, 0.2) is 6.61 Å². The molecule has 2 heterocycles. The zero-order valence-electron chi connectivity index (χ0n) is 15.7. The van der Waals surface area contributed by atoms with Crippen LogP contribution in [0.4, 0.5) is 10.2 Å². The van der Waals surface area contributed by atoms with E-state index in [0.717, 1.165) is 0 Å². The molecule has 0 spiro atoms. The number of anilines is 1. The lowest BCUT2D eigenvalue weighted by Crippen LogP contribution is -2.21. The zero-order chi connectivity index (χ0) is 20.4. The first-order valence-electron chi connectivity index (χ1n) is 8.71. The van der Waals surface area contributed by atoms with Crippen LogP contribution >= 0.6 is 11.3 Å². The number of aromatic nitrogens is 3. The van der Waals surface area contributed by atoms with Crippen molar-refractivity contribution in [2.75, 3.05) is 19.0 Å². The molecule has 9 heteroatoms. The molecule has 1 amide bonds. The van der Waals surface area contributed by atoms with E-state index in [-0.39, 0.29) is 18.3 Å². The van der Waals surface area contributed by atoms with Gasteiger partial charge in [-0.2, -0.15) is 9.78 Å². The van der Waals surface area contributed by atoms with Crippen LogP contribution in [-0.2, 0) is 4.79 Å². The van der Waals surface area contributed by atoms with E-state index in [1.54, 1.807) is 43.5 Å². The number of carbonyl (C=O) groups excluding carboxylic acids is 1. The fraction of sp³-hybridized carbons (Fsp3) is 0.150. The summed E-state index contributed by atoms with van der Waals surface area (Å²) in [6.07, 6.45) is 0. The SMILES string of the molecule is COc1ccc(OCC(=O)Nc2cc(C)nn2-c2nc3ccc(F)cc3s2)cc1. The fourth-order valence-electron chi connectivity index (χ4n) is 2.71. The first-order valence-corrected chi connectivity index (χ1v) is 9.53. The third kappa shape index (κ3) is 4.19. The Bertz CT molecular complexity index is 1170. The maximum atomic E-state index is 13.4. The second-order valence-corrected chi connectivity index (χ2v) is 7.21. The molecule has 0 fully saturated rings. The summed E-state index contributed by atoms with van der Waals surface area (Å²) < 4.78 is 26.3. The molecular weight excluding hydrogens is 395 g/mol. The monoisotopic (exact) mass is 412 g/mol. The lowest BCUT2D eigenvalue weighted by Gasteiger charge is -2.08. The minimum atomic E-state index is -0.339. The van der Waals surface area contributed by atoms with Crippen molar-refractivity contribution in [3.8, 4) is 16.6 Å². The first-order chi connectivity index (χ1) is 14.0. The van der Waals surface area contributed by atoms with E-state index in [9.17, 15) is 9.18 Å². The van der Waals surface area contributed by atoms with Gasteiger partial charge in [-0.1, -0.05) is 11.3 Å². The van der Waals surface area contributed by atoms with E-state index in [1.165, 1.54) is 28.2 Å². The third-order valence-corrected chi connectivity index (χ3v) is 5.04. The largest absolute Gasteiger partial charge is 0.497 e. The number of ether oxygens (including phenoxy) is 2. The number of carbonyl (C=O) groups is 1. The Labute approximate surface area is 169 Å². The molecule has 148 valence electrons. The Morgan fingerprint density at radius 3 is 2.69 bits per heavy atom. The summed E-state index contributed by atoms with van der Waals surface area (Å²) in [5.74, 6) is 1.06. The van der Waals surface area contributed by atoms with E-state index >= 15 is 0 Å². The molecule has 2 aromatic carbocycles. The van der Waals surface area contributed by atoms with Crippen molar-refractivity contribution in [1.29, 1.82) is 0 Å². The molecule has 0 aliphatic rings. The molecule has 0 radical (unpaired) electrons. The Morgan fingerprint density at radius 1 is 1.17 bits per heavy atom. The van der Waals surface area contributed by atoms with Crippen molar-refractivity contribution in [2.24, 2.45) is 0 Å². The number of benzene rings is 2. The van der Waals surface area contributed by atoms with Crippen LogP contribution in [0.3, 0.4) is 0 Å². The second kappa shape index (κ2) is 7.88. The van der Waals surface area contributed by atoms with E-state index in [1.807, 2.05) is 6.92 Å². The predicted molar refractivity (Wildman–Crippen MR) is 109 cm³/mol. The van der Waals surface area contributed by atoms with Crippen molar-refractivity contribution in [1.82, 2.24) is 14.8 Å². The van der Waals surface area contributed by atoms with Gasteiger partial charge in [0, 0.05) is 6.07 Å². The summed E-state index contributed by atoms with van der Waals surface area (Å²) in [5, 5.41) is 7.71. The van der Waals surface area contributed by atoms with Gasteiger partial charge in [-0.15, -0.1) is 0 Å². The topological polar surface area (TPSA) is 78.3 Å². The summed E-state index contributed by atoms with van der Waals surface area (Å²) >= 11 is 1.29. The number of hydrogen-bond donors (Lipinski definition) is 1. The Hall–Kier alpha value is -3.46. The van der Waals surface area contributed by atoms with E-state index in [2.05, 4.69) is 15.4 Å². The second-order valence-electron chi connectivity index (χ2n) is 6.20. The highest BCUT2D eigenvalue weighted by atomic mass is 32.1. The molecule has 7 nitrogen and oxygen atoms in total. The Morgan fingerprint density at radius 2 is 1.93 bits per heavy atom. The van der Waals surface area contributed by atoms with Crippen LogP contribution in [0.1, 0.15) is 5.69 Å². The number of fused-ring (bicyclic) bond motifs is 1.